The molecule has 0 aromatic heterocycles. The highest BCUT2D eigenvalue weighted by atomic mass is 127. The highest BCUT2D eigenvalue weighted by Crippen LogP contribution is 2.32. The average Bonchev–Trinajstić information content (AvgIpc) is 2.36. The van der Waals surface area contributed by atoms with E-state index < -0.39 is 17.7 Å². The molecule has 0 saturated carbocycles. The molecule has 0 aliphatic carbocycles. The maximum atomic E-state index is 13.3. The highest BCUT2D eigenvalue weighted by molar-refractivity contribution is 14.1. The molecule has 2 N–H and O–H groups in total. The van der Waals surface area contributed by atoms with Crippen LogP contribution in [-0.2, 0) is 0 Å². The summed E-state index contributed by atoms with van der Waals surface area (Å²) in [6.45, 7) is 0. The van der Waals surface area contributed by atoms with Crippen LogP contribution in [0.1, 0.15) is 17.2 Å². The Labute approximate surface area is 132 Å². The Morgan fingerprint density at radius 2 is 1.63 bits per heavy atom. The van der Waals surface area contributed by atoms with E-state index in [1.807, 2.05) is 0 Å². The van der Waals surface area contributed by atoms with Crippen LogP contribution in [0.4, 0.5) is 8.78 Å². The Kier molecular flexibility index (Phi) is 4.66. The molecule has 19 heavy (non-hydrogen) atoms. The fourth-order valence-corrected chi connectivity index (χ4v) is 2.82. The molecule has 1 nitrogen and oxygen atoms in total. The number of hydrogen-bond donors (Lipinski definition) is 1. The number of benzene rings is 2. The van der Waals surface area contributed by atoms with Crippen molar-refractivity contribution in [3.8, 4) is 0 Å². The molecule has 0 radical (unpaired) electrons. The Morgan fingerprint density at radius 1 is 1.00 bits per heavy atom. The molecule has 0 spiro atoms. The molecule has 0 fully saturated rings. The maximum Gasteiger partial charge on any atom is 0.160 e. The van der Waals surface area contributed by atoms with E-state index in [4.69, 9.17) is 28.9 Å². The van der Waals surface area contributed by atoms with Gasteiger partial charge in [0.05, 0.1) is 6.04 Å². The van der Waals surface area contributed by atoms with Crippen LogP contribution in [0.5, 0.6) is 0 Å². The summed E-state index contributed by atoms with van der Waals surface area (Å²) in [6, 6.07) is 6.47. The lowest BCUT2D eigenvalue weighted by molar-refractivity contribution is 0.506. The first kappa shape index (κ1) is 15.0. The third-order valence-electron chi connectivity index (χ3n) is 2.67. The minimum absolute atomic E-state index is 0.0853. The molecule has 1 unspecified atom stereocenters. The lowest BCUT2D eigenvalue weighted by atomic mass is 9.99. The number of hydrogen-bond acceptors (Lipinski definition) is 1. The highest BCUT2D eigenvalue weighted by Gasteiger charge is 2.18. The van der Waals surface area contributed by atoms with E-state index in [9.17, 15) is 8.78 Å². The SMILES string of the molecule is NC(c1cc(F)c(F)cc1Cl)c1cc(Cl)ccc1I. The van der Waals surface area contributed by atoms with Gasteiger partial charge in [0.15, 0.2) is 11.6 Å². The third-order valence-corrected chi connectivity index (χ3v) is 4.21. The first-order valence-corrected chi connectivity index (χ1v) is 7.08. The lowest BCUT2D eigenvalue weighted by Gasteiger charge is -2.16. The summed E-state index contributed by atoms with van der Waals surface area (Å²) in [5, 5.41) is 0.603. The summed E-state index contributed by atoms with van der Waals surface area (Å²) < 4.78 is 27.2. The number of rotatable bonds is 2. The summed E-state index contributed by atoms with van der Waals surface area (Å²) in [6.07, 6.45) is 0. The quantitative estimate of drug-likeness (QED) is 0.548. The van der Waals surface area contributed by atoms with Crippen molar-refractivity contribution in [3.05, 3.63) is 66.7 Å². The largest absolute Gasteiger partial charge is 0.320 e. The molecular formula is C13H8Cl2F2IN. The van der Waals surface area contributed by atoms with Crippen molar-refractivity contribution in [1.29, 1.82) is 0 Å². The van der Waals surface area contributed by atoms with Crippen molar-refractivity contribution >= 4 is 45.8 Å². The minimum atomic E-state index is -0.998. The van der Waals surface area contributed by atoms with Crippen molar-refractivity contribution in [3.63, 3.8) is 0 Å². The minimum Gasteiger partial charge on any atom is -0.320 e. The van der Waals surface area contributed by atoms with Crippen molar-refractivity contribution in [2.24, 2.45) is 5.73 Å². The molecular weight excluding hydrogens is 406 g/mol. The van der Waals surface area contributed by atoms with E-state index in [-0.39, 0.29) is 5.02 Å². The first-order valence-electron chi connectivity index (χ1n) is 5.25. The molecule has 2 aromatic rings. The van der Waals surface area contributed by atoms with Crippen LogP contribution in [0, 0.1) is 15.2 Å². The van der Waals surface area contributed by atoms with Gasteiger partial charge in [-0.25, -0.2) is 8.78 Å². The molecule has 1 atom stereocenters. The van der Waals surface area contributed by atoms with Gasteiger partial charge < -0.3 is 5.73 Å². The maximum absolute atomic E-state index is 13.3. The first-order chi connectivity index (χ1) is 8.90. The lowest BCUT2D eigenvalue weighted by Crippen LogP contribution is -2.14. The molecule has 100 valence electrons. The number of nitrogens with two attached hydrogens (primary N) is 1. The van der Waals surface area contributed by atoms with E-state index in [0.29, 0.717) is 16.1 Å². The van der Waals surface area contributed by atoms with Crippen molar-refractivity contribution < 1.29 is 8.78 Å². The predicted octanol–water partition coefficient (Wildman–Crippen LogP) is 4.92. The third kappa shape index (κ3) is 3.18. The Balaban J connectivity index is 2.52. The predicted molar refractivity (Wildman–Crippen MR) is 81.6 cm³/mol. The van der Waals surface area contributed by atoms with Gasteiger partial charge in [-0.1, -0.05) is 23.2 Å². The van der Waals surface area contributed by atoms with Crippen molar-refractivity contribution in [2.45, 2.75) is 6.04 Å². The van der Waals surface area contributed by atoms with Crippen LogP contribution in [0.15, 0.2) is 30.3 Å². The smallest absolute Gasteiger partial charge is 0.160 e. The van der Waals surface area contributed by atoms with Crippen molar-refractivity contribution in [2.75, 3.05) is 0 Å². The van der Waals surface area contributed by atoms with Gasteiger partial charge in [0.1, 0.15) is 0 Å². The van der Waals surface area contributed by atoms with Crippen LogP contribution < -0.4 is 5.73 Å². The van der Waals surface area contributed by atoms with Crippen LogP contribution in [0.25, 0.3) is 0 Å². The zero-order valence-electron chi connectivity index (χ0n) is 9.43. The fraction of sp³-hybridized carbons (Fsp3) is 0.0769. The van der Waals surface area contributed by atoms with Gasteiger partial charge in [-0.05, 0) is 64.0 Å². The van der Waals surface area contributed by atoms with Gasteiger partial charge in [0.25, 0.3) is 0 Å². The normalized spacial score (nSPS) is 12.5. The van der Waals surface area contributed by atoms with Crippen molar-refractivity contribution in [1.82, 2.24) is 0 Å². The molecule has 2 rings (SSSR count). The van der Waals surface area contributed by atoms with Gasteiger partial charge in [0.2, 0.25) is 0 Å². The second kappa shape index (κ2) is 5.91. The molecule has 0 saturated heterocycles. The number of halogens is 5. The van der Waals surface area contributed by atoms with Gasteiger partial charge >= 0.3 is 0 Å². The van der Waals surface area contributed by atoms with Gasteiger partial charge in [0, 0.05) is 13.6 Å². The van der Waals surface area contributed by atoms with Gasteiger partial charge in [-0.2, -0.15) is 0 Å². The second-order valence-electron chi connectivity index (χ2n) is 3.93. The second-order valence-corrected chi connectivity index (χ2v) is 5.94. The molecule has 0 aliphatic heterocycles. The summed E-state index contributed by atoms with van der Waals surface area (Å²) in [5.74, 6) is -1.98. The van der Waals surface area contributed by atoms with E-state index in [1.165, 1.54) is 0 Å². The molecule has 0 bridgehead atoms. The summed E-state index contributed by atoms with van der Waals surface area (Å²) in [5.41, 5.74) is 7.10. The fourth-order valence-electron chi connectivity index (χ4n) is 1.70. The van der Waals surface area contributed by atoms with Crippen LogP contribution in [-0.4, -0.2) is 0 Å². The molecule has 0 amide bonds. The molecule has 0 aliphatic rings. The Morgan fingerprint density at radius 3 is 2.32 bits per heavy atom. The van der Waals surface area contributed by atoms with E-state index in [0.717, 1.165) is 15.7 Å². The van der Waals surface area contributed by atoms with E-state index in [1.54, 1.807) is 18.2 Å². The van der Waals surface area contributed by atoms with Crippen LogP contribution >= 0.6 is 45.8 Å². The Hall–Kier alpha value is -0.430. The van der Waals surface area contributed by atoms with E-state index in [2.05, 4.69) is 22.6 Å². The van der Waals surface area contributed by atoms with Crippen LogP contribution in [0.2, 0.25) is 10.0 Å². The zero-order chi connectivity index (χ0) is 14.2. The summed E-state index contributed by atoms with van der Waals surface area (Å²) >= 11 is 13.9. The topological polar surface area (TPSA) is 26.0 Å². The van der Waals surface area contributed by atoms with Gasteiger partial charge in [-0.15, -0.1) is 0 Å². The monoisotopic (exact) mass is 413 g/mol. The van der Waals surface area contributed by atoms with E-state index >= 15 is 0 Å². The average molecular weight is 414 g/mol. The zero-order valence-corrected chi connectivity index (χ0v) is 13.1. The molecule has 6 heteroatoms. The summed E-state index contributed by atoms with van der Waals surface area (Å²) in [4.78, 5) is 0. The van der Waals surface area contributed by atoms with Crippen LogP contribution in [0.3, 0.4) is 0 Å². The summed E-state index contributed by atoms with van der Waals surface area (Å²) in [7, 11) is 0. The molecule has 2 aromatic carbocycles. The van der Waals surface area contributed by atoms with Gasteiger partial charge in [-0.3, -0.25) is 0 Å². The Bertz CT molecular complexity index is 634. The molecule has 0 heterocycles. The standard InChI is InChI=1S/C13H8Cl2F2IN/c14-6-1-2-12(18)8(3-6)13(19)7-4-10(16)11(17)5-9(7)15/h1-5,13H,19H2.